The van der Waals surface area contributed by atoms with E-state index in [1.54, 1.807) is 0 Å². The van der Waals surface area contributed by atoms with Crippen LogP contribution in [0.2, 0.25) is 0 Å². The summed E-state index contributed by atoms with van der Waals surface area (Å²) in [6.07, 6.45) is 1.18. The van der Waals surface area contributed by atoms with Crippen molar-refractivity contribution in [3.63, 3.8) is 0 Å². The third-order valence-electron chi connectivity index (χ3n) is 3.28. The highest BCUT2D eigenvalue weighted by Crippen LogP contribution is 2.33. The van der Waals surface area contributed by atoms with Gasteiger partial charge in [0.2, 0.25) is 0 Å². The van der Waals surface area contributed by atoms with Crippen molar-refractivity contribution in [1.82, 2.24) is 5.32 Å². The number of nitrogens with zero attached hydrogens (tertiary/aromatic N) is 1. The molecule has 1 saturated heterocycles. The molecule has 0 atom stereocenters. The van der Waals surface area contributed by atoms with Gasteiger partial charge < -0.3 is 15.5 Å². The van der Waals surface area contributed by atoms with Crippen molar-refractivity contribution < 1.29 is 0 Å². The number of para-hydroxylation sites is 1. The second kappa shape index (κ2) is 4.93. The number of fused-ring (bicyclic) bond motifs is 1. The Kier molecular flexibility index (Phi) is 3.56. The van der Waals surface area contributed by atoms with E-state index in [0.717, 1.165) is 32.7 Å². The largest absolute Gasteiger partial charge is 0.383 e. The standard InChI is InChI=1S/C12H17N3.ClH/c1-2-10-4-5-14-12(10)11(3-1)15-8-6-13-7-9-15;/h1-3,13-14H,4-9H2;1H. The summed E-state index contributed by atoms with van der Waals surface area (Å²) < 4.78 is 0. The molecule has 2 heterocycles. The second-order valence-corrected chi connectivity index (χ2v) is 4.23. The van der Waals surface area contributed by atoms with Crippen molar-refractivity contribution in [2.75, 3.05) is 42.9 Å². The summed E-state index contributed by atoms with van der Waals surface area (Å²) in [5.41, 5.74) is 4.25. The van der Waals surface area contributed by atoms with Crippen LogP contribution in [0.25, 0.3) is 0 Å². The maximum Gasteiger partial charge on any atom is 0.0611 e. The fourth-order valence-electron chi connectivity index (χ4n) is 2.49. The minimum Gasteiger partial charge on any atom is -0.383 e. The second-order valence-electron chi connectivity index (χ2n) is 4.23. The first-order chi connectivity index (χ1) is 7.45. The summed E-state index contributed by atoms with van der Waals surface area (Å²) >= 11 is 0. The Hall–Kier alpha value is -0.930. The molecule has 0 spiro atoms. The highest BCUT2D eigenvalue weighted by atomic mass is 35.5. The molecule has 2 aliphatic heterocycles. The van der Waals surface area contributed by atoms with E-state index >= 15 is 0 Å². The van der Waals surface area contributed by atoms with Gasteiger partial charge in [0.25, 0.3) is 0 Å². The van der Waals surface area contributed by atoms with E-state index < -0.39 is 0 Å². The predicted molar refractivity (Wildman–Crippen MR) is 71.0 cm³/mol. The minimum atomic E-state index is 0. The van der Waals surface area contributed by atoms with Crippen molar-refractivity contribution in [2.24, 2.45) is 0 Å². The van der Waals surface area contributed by atoms with Crippen LogP contribution in [0.3, 0.4) is 0 Å². The highest BCUT2D eigenvalue weighted by Gasteiger charge is 2.18. The zero-order chi connectivity index (χ0) is 10.1. The molecule has 0 bridgehead atoms. The fourth-order valence-corrected chi connectivity index (χ4v) is 2.49. The third kappa shape index (κ3) is 1.97. The number of hydrogen-bond donors (Lipinski definition) is 2. The predicted octanol–water partition coefficient (Wildman–Crippen LogP) is 1.49. The average molecular weight is 240 g/mol. The Balaban J connectivity index is 0.000000963. The van der Waals surface area contributed by atoms with Gasteiger partial charge in [-0.25, -0.2) is 0 Å². The summed E-state index contributed by atoms with van der Waals surface area (Å²) in [5, 5.41) is 6.89. The van der Waals surface area contributed by atoms with Gasteiger partial charge in [-0.2, -0.15) is 0 Å². The Morgan fingerprint density at radius 2 is 1.88 bits per heavy atom. The van der Waals surface area contributed by atoms with E-state index in [4.69, 9.17) is 0 Å². The van der Waals surface area contributed by atoms with Crippen molar-refractivity contribution in [2.45, 2.75) is 6.42 Å². The van der Waals surface area contributed by atoms with Crippen molar-refractivity contribution in [1.29, 1.82) is 0 Å². The lowest BCUT2D eigenvalue weighted by Crippen LogP contribution is -2.43. The molecule has 0 amide bonds. The van der Waals surface area contributed by atoms with Crippen LogP contribution in [0.5, 0.6) is 0 Å². The van der Waals surface area contributed by atoms with Crippen molar-refractivity contribution >= 4 is 23.8 Å². The Morgan fingerprint density at radius 1 is 1.06 bits per heavy atom. The maximum atomic E-state index is 3.50. The molecule has 1 aromatic rings. The number of hydrogen-bond acceptors (Lipinski definition) is 3. The van der Waals surface area contributed by atoms with Crippen LogP contribution in [0.15, 0.2) is 18.2 Å². The molecule has 3 rings (SSSR count). The monoisotopic (exact) mass is 239 g/mol. The number of halogens is 1. The van der Waals surface area contributed by atoms with E-state index in [1.807, 2.05) is 0 Å². The zero-order valence-electron chi connectivity index (χ0n) is 9.33. The average Bonchev–Trinajstić information content (AvgIpc) is 2.78. The summed E-state index contributed by atoms with van der Waals surface area (Å²) in [6, 6.07) is 6.66. The van der Waals surface area contributed by atoms with Gasteiger partial charge in [-0.3, -0.25) is 0 Å². The molecular weight excluding hydrogens is 222 g/mol. The normalized spacial score (nSPS) is 18.6. The van der Waals surface area contributed by atoms with Gasteiger partial charge >= 0.3 is 0 Å². The van der Waals surface area contributed by atoms with Gasteiger partial charge in [-0.05, 0) is 18.1 Å². The lowest BCUT2D eigenvalue weighted by molar-refractivity contribution is 0.589. The first-order valence-electron chi connectivity index (χ1n) is 5.76. The smallest absolute Gasteiger partial charge is 0.0611 e. The molecule has 0 radical (unpaired) electrons. The van der Waals surface area contributed by atoms with Crippen LogP contribution in [0.1, 0.15) is 5.56 Å². The summed E-state index contributed by atoms with van der Waals surface area (Å²) in [4.78, 5) is 2.48. The van der Waals surface area contributed by atoms with E-state index in [0.29, 0.717) is 0 Å². The summed E-state index contributed by atoms with van der Waals surface area (Å²) in [6.45, 7) is 5.54. The SMILES string of the molecule is Cl.c1cc2c(c(N3CCNCC3)c1)NCC2. The number of rotatable bonds is 1. The number of nitrogens with one attached hydrogen (secondary N) is 2. The van der Waals surface area contributed by atoms with E-state index in [9.17, 15) is 0 Å². The zero-order valence-corrected chi connectivity index (χ0v) is 10.1. The van der Waals surface area contributed by atoms with Crippen LogP contribution in [0.4, 0.5) is 11.4 Å². The molecular formula is C12H18ClN3. The van der Waals surface area contributed by atoms with Gasteiger partial charge in [-0.1, -0.05) is 12.1 Å². The molecule has 2 aliphatic rings. The minimum absolute atomic E-state index is 0. The van der Waals surface area contributed by atoms with Crippen LogP contribution >= 0.6 is 12.4 Å². The lowest BCUT2D eigenvalue weighted by Gasteiger charge is -2.31. The van der Waals surface area contributed by atoms with Crippen LogP contribution in [-0.4, -0.2) is 32.7 Å². The molecule has 88 valence electrons. The lowest BCUT2D eigenvalue weighted by atomic mass is 10.1. The molecule has 1 aromatic carbocycles. The van der Waals surface area contributed by atoms with Gasteiger partial charge in [0.05, 0.1) is 11.4 Å². The van der Waals surface area contributed by atoms with E-state index in [-0.39, 0.29) is 12.4 Å². The molecule has 0 aliphatic carbocycles. The van der Waals surface area contributed by atoms with Gasteiger partial charge in [-0.15, -0.1) is 12.4 Å². The molecule has 0 unspecified atom stereocenters. The van der Waals surface area contributed by atoms with E-state index in [1.165, 1.54) is 23.4 Å². The topological polar surface area (TPSA) is 27.3 Å². The quantitative estimate of drug-likeness (QED) is 0.778. The maximum absolute atomic E-state index is 3.50. The van der Waals surface area contributed by atoms with Gasteiger partial charge in [0.1, 0.15) is 0 Å². The number of benzene rings is 1. The molecule has 2 N–H and O–H groups in total. The third-order valence-corrected chi connectivity index (χ3v) is 3.28. The molecule has 3 nitrogen and oxygen atoms in total. The van der Waals surface area contributed by atoms with Crippen LogP contribution in [-0.2, 0) is 6.42 Å². The van der Waals surface area contributed by atoms with Crippen LogP contribution < -0.4 is 15.5 Å². The van der Waals surface area contributed by atoms with Gasteiger partial charge in [0.15, 0.2) is 0 Å². The fraction of sp³-hybridized carbons (Fsp3) is 0.500. The molecule has 16 heavy (non-hydrogen) atoms. The summed E-state index contributed by atoms with van der Waals surface area (Å²) in [5.74, 6) is 0. The molecule has 4 heteroatoms. The Labute approximate surface area is 103 Å². The first-order valence-corrected chi connectivity index (χ1v) is 5.76. The number of anilines is 2. The number of piperazine rings is 1. The molecule has 0 aromatic heterocycles. The Bertz CT molecular complexity index is 361. The Morgan fingerprint density at radius 3 is 2.69 bits per heavy atom. The molecule has 1 fully saturated rings. The summed E-state index contributed by atoms with van der Waals surface area (Å²) in [7, 11) is 0. The highest BCUT2D eigenvalue weighted by molar-refractivity contribution is 5.85. The van der Waals surface area contributed by atoms with Crippen molar-refractivity contribution in [3.8, 4) is 0 Å². The van der Waals surface area contributed by atoms with Gasteiger partial charge in [0, 0.05) is 32.7 Å². The molecule has 0 saturated carbocycles. The van der Waals surface area contributed by atoms with E-state index in [2.05, 4.69) is 33.7 Å². The first kappa shape index (κ1) is 11.6. The van der Waals surface area contributed by atoms with Crippen molar-refractivity contribution in [3.05, 3.63) is 23.8 Å². The van der Waals surface area contributed by atoms with Crippen LogP contribution in [0, 0.1) is 0 Å².